The highest BCUT2D eigenvalue weighted by Gasteiger charge is 2.26. The molecule has 0 aromatic carbocycles. The van der Waals surface area contributed by atoms with Crippen molar-refractivity contribution in [2.45, 2.75) is 45.3 Å². The van der Waals surface area contributed by atoms with Gasteiger partial charge >= 0.3 is 6.09 Å². The van der Waals surface area contributed by atoms with Crippen molar-refractivity contribution in [3.63, 3.8) is 0 Å². The van der Waals surface area contributed by atoms with E-state index in [1.54, 1.807) is 11.1 Å². The normalized spacial score (nSPS) is 16.9. The molecule has 2 heterocycles. The van der Waals surface area contributed by atoms with Gasteiger partial charge in [-0.05, 0) is 39.7 Å². The second kappa shape index (κ2) is 6.07. The van der Waals surface area contributed by atoms with Crippen LogP contribution < -0.4 is 5.32 Å². The number of nitrogens with zero attached hydrogens (tertiary/aromatic N) is 3. The molecule has 1 amide bonds. The fourth-order valence-electron chi connectivity index (χ4n) is 2.12. The van der Waals surface area contributed by atoms with Gasteiger partial charge in [-0.25, -0.2) is 14.8 Å². The van der Waals surface area contributed by atoms with E-state index in [0.717, 1.165) is 18.7 Å². The van der Waals surface area contributed by atoms with Crippen molar-refractivity contribution in [1.82, 2.24) is 14.9 Å². The standard InChI is InChI=1S/C14H22N4O2/c1-14(2,3)20-13(19)18-8-5-11(6-9-18)17-12-4-7-15-10-16-12/h4,7,10-11H,5-6,8-9H2,1-3H3,(H,15,16,17). The van der Waals surface area contributed by atoms with Crippen molar-refractivity contribution in [3.05, 3.63) is 18.6 Å². The third-order valence-electron chi connectivity index (χ3n) is 3.08. The van der Waals surface area contributed by atoms with Gasteiger partial charge in [0.15, 0.2) is 0 Å². The molecule has 1 aliphatic rings. The van der Waals surface area contributed by atoms with Crippen LogP contribution >= 0.6 is 0 Å². The van der Waals surface area contributed by atoms with Gasteiger partial charge in [-0.15, -0.1) is 0 Å². The molecule has 6 heteroatoms. The van der Waals surface area contributed by atoms with Crippen molar-refractivity contribution in [1.29, 1.82) is 0 Å². The minimum absolute atomic E-state index is 0.224. The Hall–Kier alpha value is -1.85. The zero-order valence-electron chi connectivity index (χ0n) is 12.3. The van der Waals surface area contributed by atoms with Crippen LogP contribution in [0, 0.1) is 0 Å². The predicted octanol–water partition coefficient (Wildman–Crippen LogP) is 2.29. The summed E-state index contributed by atoms with van der Waals surface area (Å²) in [6.07, 6.45) is 4.80. The summed E-state index contributed by atoms with van der Waals surface area (Å²) in [5, 5.41) is 3.36. The van der Waals surface area contributed by atoms with Gasteiger partial charge in [0.05, 0.1) is 0 Å². The number of aromatic nitrogens is 2. The molecule has 110 valence electrons. The zero-order chi connectivity index (χ0) is 14.6. The van der Waals surface area contributed by atoms with Gasteiger partial charge in [-0.2, -0.15) is 0 Å². The lowest BCUT2D eigenvalue weighted by Crippen LogP contribution is -2.44. The molecule has 0 saturated carbocycles. The fourth-order valence-corrected chi connectivity index (χ4v) is 2.12. The number of carbonyl (C=O) groups excluding carboxylic acids is 1. The van der Waals surface area contributed by atoms with Crippen molar-refractivity contribution in [2.75, 3.05) is 18.4 Å². The molecule has 20 heavy (non-hydrogen) atoms. The SMILES string of the molecule is CC(C)(C)OC(=O)N1CCC(Nc2ccncn2)CC1. The number of piperidine rings is 1. The first kappa shape index (κ1) is 14.6. The van der Waals surface area contributed by atoms with E-state index in [1.165, 1.54) is 6.33 Å². The van der Waals surface area contributed by atoms with Crippen LogP contribution in [0.15, 0.2) is 18.6 Å². The first-order valence-corrected chi connectivity index (χ1v) is 6.94. The predicted molar refractivity (Wildman–Crippen MR) is 76.5 cm³/mol. The summed E-state index contributed by atoms with van der Waals surface area (Å²) in [4.78, 5) is 21.7. The maximum absolute atomic E-state index is 11.9. The molecule has 1 fully saturated rings. The molecule has 0 aliphatic carbocycles. The number of amides is 1. The molecule has 6 nitrogen and oxygen atoms in total. The number of rotatable bonds is 2. The molecule has 0 atom stereocenters. The Morgan fingerprint density at radius 2 is 2.10 bits per heavy atom. The minimum atomic E-state index is -0.437. The van der Waals surface area contributed by atoms with Crippen LogP contribution in [0.4, 0.5) is 10.6 Å². The molecular weight excluding hydrogens is 256 g/mol. The first-order valence-electron chi connectivity index (χ1n) is 6.94. The third kappa shape index (κ3) is 4.36. The summed E-state index contributed by atoms with van der Waals surface area (Å²) in [5.74, 6) is 0.829. The maximum atomic E-state index is 11.9. The number of hydrogen-bond acceptors (Lipinski definition) is 5. The van der Waals surface area contributed by atoms with E-state index in [-0.39, 0.29) is 6.09 Å². The monoisotopic (exact) mass is 278 g/mol. The van der Waals surface area contributed by atoms with E-state index in [0.29, 0.717) is 19.1 Å². The zero-order valence-corrected chi connectivity index (χ0v) is 12.3. The van der Waals surface area contributed by atoms with E-state index in [1.807, 2.05) is 26.8 Å². The molecule has 1 N–H and O–H groups in total. The second-order valence-electron chi connectivity index (χ2n) is 5.98. The number of likely N-dealkylation sites (tertiary alicyclic amines) is 1. The van der Waals surface area contributed by atoms with Crippen LogP contribution in [-0.2, 0) is 4.74 Å². The topological polar surface area (TPSA) is 67.3 Å². The van der Waals surface area contributed by atoms with Crippen LogP contribution in [0.3, 0.4) is 0 Å². The Labute approximate surface area is 119 Å². The number of hydrogen-bond donors (Lipinski definition) is 1. The van der Waals surface area contributed by atoms with Gasteiger partial charge < -0.3 is 15.0 Å². The van der Waals surface area contributed by atoms with E-state index >= 15 is 0 Å². The Morgan fingerprint density at radius 1 is 1.40 bits per heavy atom. The summed E-state index contributed by atoms with van der Waals surface area (Å²) >= 11 is 0. The van der Waals surface area contributed by atoms with Gasteiger partial charge in [-0.3, -0.25) is 0 Å². The quantitative estimate of drug-likeness (QED) is 0.899. The number of anilines is 1. The van der Waals surface area contributed by atoms with Crippen LogP contribution in [-0.4, -0.2) is 45.7 Å². The highest BCUT2D eigenvalue weighted by atomic mass is 16.6. The Morgan fingerprint density at radius 3 is 2.65 bits per heavy atom. The van der Waals surface area contributed by atoms with E-state index < -0.39 is 5.60 Å². The van der Waals surface area contributed by atoms with Crippen LogP contribution in [0.5, 0.6) is 0 Å². The summed E-state index contributed by atoms with van der Waals surface area (Å²) in [6.45, 7) is 7.06. The molecule has 1 aromatic rings. The third-order valence-corrected chi connectivity index (χ3v) is 3.08. The summed E-state index contributed by atoms with van der Waals surface area (Å²) in [5.41, 5.74) is -0.437. The second-order valence-corrected chi connectivity index (χ2v) is 5.98. The Balaban J connectivity index is 1.79. The molecular formula is C14H22N4O2. The molecule has 1 aromatic heterocycles. The summed E-state index contributed by atoms with van der Waals surface area (Å²) in [6, 6.07) is 2.18. The smallest absolute Gasteiger partial charge is 0.410 e. The average molecular weight is 278 g/mol. The van der Waals surface area contributed by atoms with Gasteiger partial charge in [0, 0.05) is 25.3 Å². The molecule has 1 aliphatic heterocycles. The number of ether oxygens (including phenoxy) is 1. The maximum Gasteiger partial charge on any atom is 0.410 e. The van der Waals surface area contributed by atoms with Gasteiger partial charge in [0.1, 0.15) is 17.7 Å². The lowest BCUT2D eigenvalue weighted by molar-refractivity contribution is 0.0210. The van der Waals surface area contributed by atoms with Crippen LogP contribution in [0.1, 0.15) is 33.6 Å². The lowest BCUT2D eigenvalue weighted by atomic mass is 10.1. The van der Waals surface area contributed by atoms with E-state index in [2.05, 4.69) is 15.3 Å². The van der Waals surface area contributed by atoms with E-state index in [9.17, 15) is 4.79 Å². The molecule has 0 spiro atoms. The lowest BCUT2D eigenvalue weighted by Gasteiger charge is -2.33. The first-order chi connectivity index (χ1) is 9.44. The number of nitrogens with one attached hydrogen (secondary N) is 1. The van der Waals surface area contributed by atoms with Crippen molar-refractivity contribution in [3.8, 4) is 0 Å². The molecule has 1 saturated heterocycles. The average Bonchev–Trinajstić information content (AvgIpc) is 2.39. The highest BCUT2D eigenvalue weighted by Crippen LogP contribution is 2.17. The van der Waals surface area contributed by atoms with Gasteiger partial charge in [0.2, 0.25) is 0 Å². The molecule has 0 unspecified atom stereocenters. The van der Waals surface area contributed by atoms with Crippen LogP contribution in [0.2, 0.25) is 0 Å². The Kier molecular flexibility index (Phi) is 4.42. The van der Waals surface area contributed by atoms with Gasteiger partial charge in [0.25, 0.3) is 0 Å². The summed E-state index contributed by atoms with van der Waals surface area (Å²) < 4.78 is 5.38. The number of carbonyl (C=O) groups is 1. The minimum Gasteiger partial charge on any atom is -0.444 e. The van der Waals surface area contributed by atoms with E-state index in [4.69, 9.17) is 4.74 Å². The molecule has 2 rings (SSSR count). The fraction of sp³-hybridized carbons (Fsp3) is 0.643. The highest BCUT2D eigenvalue weighted by molar-refractivity contribution is 5.68. The molecule has 0 bridgehead atoms. The van der Waals surface area contributed by atoms with Crippen molar-refractivity contribution >= 4 is 11.9 Å². The van der Waals surface area contributed by atoms with Crippen molar-refractivity contribution < 1.29 is 9.53 Å². The van der Waals surface area contributed by atoms with Gasteiger partial charge in [-0.1, -0.05) is 0 Å². The summed E-state index contributed by atoms with van der Waals surface area (Å²) in [7, 11) is 0. The molecule has 0 radical (unpaired) electrons. The Bertz CT molecular complexity index is 436. The van der Waals surface area contributed by atoms with Crippen LogP contribution in [0.25, 0.3) is 0 Å². The largest absolute Gasteiger partial charge is 0.444 e. The van der Waals surface area contributed by atoms with Crippen molar-refractivity contribution in [2.24, 2.45) is 0 Å².